The highest BCUT2D eigenvalue weighted by Gasteiger charge is 2.31. The zero-order valence-corrected chi connectivity index (χ0v) is 10.5. The fraction of sp³-hybridized carbons (Fsp3) is 0.167. The first-order valence-corrected chi connectivity index (χ1v) is 5.99. The van der Waals surface area contributed by atoms with E-state index in [0.29, 0.717) is 4.90 Å². The zero-order chi connectivity index (χ0) is 14.2. The van der Waals surface area contributed by atoms with E-state index in [0.717, 1.165) is 28.8 Å². The number of likely N-dealkylation sites (N-methyl/N-ethyl adjacent to an activating group) is 1. The molecule has 19 heavy (non-hydrogen) atoms. The summed E-state index contributed by atoms with van der Waals surface area (Å²) in [6, 6.07) is 4.41. The first-order valence-electron chi connectivity index (χ1n) is 5.18. The molecule has 1 heterocycles. The number of benzene rings is 1. The monoisotopic (exact) mass is 287 g/mol. The Balaban J connectivity index is 2.15. The smallest absolute Gasteiger partial charge is 0.278 e. The van der Waals surface area contributed by atoms with Crippen molar-refractivity contribution in [1.82, 2.24) is 4.90 Å². The molecule has 0 N–H and O–H groups in total. The Bertz CT molecular complexity index is 563. The summed E-state index contributed by atoms with van der Waals surface area (Å²) in [7, 11) is 1.35. The van der Waals surface area contributed by atoms with Gasteiger partial charge in [-0.3, -0.25) is 14.5 Å². The normalized spacial score (nSPS) is 16.0. The van der Waals surface area contributed by atoms with Crippen LogP contribution in [0.4, 0.5) is 13.2 Å². The van der Waals surface area contributed by atoms with Gasteiger partial charge in [0.1, 0.15) is 0 Å². The van der Waals surface area contributed by atoms with Gasteiger partial charge in [-0.15, -0.1) is 0 Å². The Morgan fingerprint density at radius 2 is 1.68 bits per heavy atom. The van der Waals surface area contributed by atoms with Gasteiger partial charge < -0.3 is 0 Å². The van der Waals surface area contributed by atoms with E-state index in [2.05, 4.69) is 0 Å². The van der Waals surface area contributed by atoms with Gasteiger partial charge in [-0.2, -0.15) is 13.2 Å². The molecular weight excluding hydrogens is 279 g/mol. The van der Waals surface area contributed by atoms with Gasteiger partial charge in [0.2, 0.25) is 0 Å². The molecule has 0 spiro atoms. The predicted octanol–water partition coefficient (Wildman–Crippen LogP) is 2.68. The van der Waals surface area contributed by atoms with Crippen molar-refractivity contribution in [2.24, 2.45) is 0 Å². The molecule has 0 unspecified atom stereocenters. The van der Waals surface area contributed by atoms with Crippen molar-refractivity contribution in [1.29, 1.82) is 0 Å². The van der Waals surface area contributed by atoms with E-state index in [9.17, 15) is 22.8 Å². The van der Waals surface area contributed by atoms with Crippen molar-refractivity contribution >= 4 is 23.6 Å². The lowest BCUT2D eigenvalue weighted by atomic mass is 10.2. The van der Waals surface area contributed by atoms with Gasteiger partial charge in [-0.1, -0.05) is 11.8 Å². The first-order chi connectivity index (χ1) is 8.79. The standard InChI is InChI=1S/C12H8F3NO2S/c1-16-10(17)6-9(11(16)18)19-8-4-2-7(3-5-8)12(13,14)15/h2-6H,1H3. The van der Waals surface area contributed by atoms with Crippen LogP contribution in [0.3, 0.4) is 0 Å². The molecule has 0 aromatic heterocycles. The topological polar surface area (TPSA) is 37.4 Å². The zero-order valence-electron chi connectivity index (χ0n) is 9.69. The minimum absolute atomic E-state index is 0.201. The van der Waals surface area contributed by atoms with Crippen molar-refractivity contribution in [3.8, 4) is 0 Å². The van der Waals surface area contributed by atoms with Gasteiger partial charge in [0.25, 0.3) is 11.8 Å². The molecule has 1 aromatic rings. The van der Waals surface area contributed by atoms with Gasteiger partial charge in [0, 0.05) is 18.0 Å². The molecular formula is C12H8F3NO2S. The van der Waals surface area contributed by atoms with E-state index in [1.165, 1.54) is 25.3 Å². The van der Waals surface area contributed by atoms with Gasteiger partial charge in [-0.05, 0) is 24.3 Å². The van der Waals surface area contributed by atoms with Crippen LogP contribution in [-0.4, -0.2) is 23.8 Å². The lowest BCUT2D eigenvalue weighted by Gasteiger charge is -2.08. The van der Waals surface area contributed by atoms with Crippen molar-refractivity contribution in [2.45, 2.75) is 11.1 Å². The molecule has 0 atom stereocenters. The second kappa shape index (κ2) is 4.73. The molecule has 100 valence electrons. The van der Waals surface area contributed by atoms with Crippen molar-refractivity contribution < 1.29 is 22.8 Å². The van der Waals surface area contributed by atoms with E-state index < -0.39 is 23.6 Å². The molecule has 1 aliphatic heterocycles. The molecule has 2 amide bonds. The highest BCUT2D eigenvalue weighted by Crippen LogP contribution is 2.34. The van der Waals surface area contributed by atoms with E-state index >= 15 is 0 Å². The summed E-state index contributed by atoms with van der Waals surface area (Å²) in [5, 5.41) is 0. The van der Waals surface area contributed by atoms with Crippen molar-refractivity contribution in [2.75, 3.05) is 7.05 Å². The molecule has 0 saturated carbocycles. The fourth-order valence-electron chi connectivity index (χ4n) is 1.45. The number of thioether (sulfide) groups is 1. The number of rotatable bonds is 2. The summed E-state index contributed by atoms with van der Waals surface area (Å²) < 4.78 is 37.1. The Morgan fingerprint density at radius 3 is 2.11 bits per heavy atom. The Morgan fingerprint density at radius 1 is 1.11 bits per heavy atom. The number of imide groups is 1. The summed E-state index contributed by atoms with van der Waals surface area (Å²) in [6.45, 7) is 0. The van der Waals surface area contributed by atoms with Gasteiger partial charge in [0.05, 0.1) is 10.5 Å². The minimum atomic E-state index is -4.39. The Hall–Kier alpha value is -1.76. The SMILES string of the molecule is CN1C(=O)C=C(Sc2ccc(C(F)(F)F)cc2)C1=O. The number of carbonyl (C=O) groups excluding carboxylic acids is 2. The van der Waals surface area contributed by atoms with Crippen LogP contribution in [0.15, 0.2) is 40.1 Å². The average molecular weight is 287 g/mol. The van der Waals surface area contributed by atoms with Crippen molar-refractivity contribution in [3.63, 3.8) is 0 Å². The third-order valence-corrected chi connectivity index (χ3v) is 3.53. The lowest BCUT2D eigenvalue weighted by molar-refractivity contribution is -0.138. The molecule has 0 radical (unpaired) electrons. The molecule has 1 aliphatic rings. The van der Waals surface area contributed by atoms with Gasteiger partial charge >= 0.3 is 6.18 Å². The number of alkyl halides is 3. The van der Waals surface area contributed by atoms with Crippen LogP contribution in [0.5, 0.6) is 0 Å². The Labute approximate surface area is 111 Å². The van der Waals surface area contributed by atoms with Crippen LogP contribution in [0, 0.1) is 0 Å². The number of amides is 2. The van der Waals surface area contributed by atoms with E-state index in [1.54, 1.807) is 0 Å². The van der Waals surface area contributed by atoms with Crippen LogP contribution in [0.2, 0.25) is 0 Å². The molecule has 1 aromatic carbocycles. The molecule has 0 aliphatic carbocycles. The quantitative estimate of drug-likeness (QED) is 0.785. The van der Waals surface area contributed by atoms with Gasteiger partial charge in [-0.25, -0.2) is 0 Å². The van der Waals surface area contributed by atoms with Crippen LogP contribution < -0.4 is 0 Å². The molecule has 2 rings (SSSR count). The number of carbonyl (C=O) groups is 2. The number of hydrogen-bond donors (Lipinski definition) is 0. The number of nitrogens with zero attached hydrogens (tertiary/aromatic N) is 1. The van der Waals surface area contributed by atoms with E-state index in [1.807, 2.05) is 0 Å². The summed E-state index contributed by atoms with van der Waals surface area (Å²) in [5.41, 5.74) is -0.753. The van der Waals surface area contributed by atoms with Crippen LogP contribution in [0.1, 0.15) is 5.56 Å². The number of hydrogen-bond acceptors (Lipinski definition) is 3. The Kier molecular flexibility index (Phi) is 3.40. The fourth-order valence-corrected chi connectivity index (χ4v) is 2.36. The predicted molar refractivity (Wildman–Crippen MR) is 63.2 cm³/mol. The second-order valence-corrected chi connectivity index (χ2v) is 4.95. The maximum absolute atomic E-state index is 12.4. The van der Waals surface area contributed by atoms with Crippen LogP contribution >= 0.6 is 11.8 Å². The summed E-state index contributed by atoms with van der Waals surface area (Å²) >= 11 is 0.968. The largest absolute Gasteiger partial charge is 0.416 e. The maximum atomic E-state index is 12.4. The minimum Gasteiger partial charge on any atom is -0.278 e. The average Bonchev–Trinajstić information content (AvgIpc) is 2.57. The first kappa shape index (κ1) is 13.7. The number of halogens is 3. The highest BCUT2D eigenvalue weighted by atomic mass is 32.2. The summed E-state index contributed by atoms with van der Waals surface area (Å²) in [6.07, 6.45) is -3.22. The van der Waals surface area contributed by atoms with Gasteiger partial charge in [0.15, 0.2) is 0 Å². The molecule has 0 saturated heterocycles. The summed E-state index contributed by atoms with van der Waals surface area (Å²) in [4.78, 5) is 24.4. The van der Waals surface area contributed by atoms with Crippen LogP contribution in [-0.2, 0) is 15.8 Å². The lowest BCUT2D eigenvalue weighted by Crippen LogP contribution is -2.25. The van der Waals surface area contributed by atoms with E-state index in [-0.39, 0.29) is 4.91 Å². The molecule has 7 heteroatoms. The third-order valence-electron chi connectivity index (χ3n) is 2.51. The van der Waals surface area contributed by atoms with Crippen molar-refractivity contribution in [3.05, 3.63) is 40.8 Å². The molecule has 0 bridgehead atoms. The van der Waals surface area contributed by atoms with E-state index in [4.69, 9.17) is 0 Å². The molecule has 0 fully saturated rings. The second-order valence-electron chi connectivity index (χ2n) is 3.84. The maximum Gasteiger partial charge on any atom is 0.416 e. The summed E-state index contributed by atoms with van der Waals surface area (Å²) in [5.74, 6) is -0.880. The highest BCUT2D eigenvalue weighted by molar-refractivity contribution is 8.04. The molecule has 3 nitrogen and oxygen atoms in total. The third kappa shape index (κ3) is 2.81. The van der Waals surface area contributed by atoms with Crippen LogP contribution in [0.25, 0.3) is 0 Å².